The van der Waals surface area contributed by atoms with Crippen LogP contribution in [0.4, 0.5) is 0 Å². The van der Waals surface area contributed by atoms with Crippen molar-refractivity contribution in [3.8, 4) is 10.4 Å². The van der Waals surface area contributed by atoms with Crippen LogP contribution in [0.2, 0.25) is 4.34 Å². The zero-order valence-corrected chi connectivity index (χ0v) is 11.7. The third kappa shape index (κ3) is 2.59. The average molecular weight is 264 g/mol. The maximum atomic E-state index is 5.94. The van der Waals surface area contributed by atoms with Gasteiger partial charge in [-0.25, -0.2) is 0 Å². The first-order valence-electron chi connectivity index (χ1n) is 5.47. The van der Waals surface area contributed by atoms with Gasteiger partial charge >= 0.3 is 0 Å². The molecule has 0 saturated heterocycles. The van der Waals surface area contributed by atoms with E-state index in [2.05, 4.69) is 31.0 Å². The van der Waals surface area contributed by atoms with Gasteiger partial charge in [0, 0.05) is 16.6 Å². The van der Waals surface area contributed by atoms with Gasteiger partial charge in [0.2, 0.25) is 0 Å². The molecule has 88 valence electrons. The number of nitrogens with zero attached hydrogens (tertiary/aromatic N) is 1. The lowest BCUT2D eigenvalue weighted by Crippen LogP contribution is -1.91. The summed E-state index contributed by atoms with van der Waals surface area (Å²) < 4.78 is 0.811. The molecule has 2 aromatic rings. The van der Waals surface area contributed by atoms with Crippen LogP contribution in [0.15, 0.2) is 30.5 Å². The van der Waals surface area contributed by atoms with Gasteiger partial charge < -0.3 is 0 Å². The van der Waals surface area contributed by atoms with Crippen LogP contribution in [0.5, 0.6) is 0 Å². The Kier molecular flexibility index (Phi) is 3.65. The normalized spacial score (nSPS) is 11.9. The van der Waals surface area contributed by atoms with Crippen LogP contribution >= 0.6 is 22.9 Å². The number of allylic oxidation sites excluding steroid dienone is 2. The number of hydrogen-bond acceptors (Lipinski definition) is 2. The molecule has 0 aliphatic heterocycles. The molecule has 0 aromatic carbocycles. The molecule has 0 amide bonds. The molecule has 0 atom stereocenters. The Bertz CT molecular complexity index is 569. The van der Waals surface area contributed by atoms with E-state index in [-0.39, 0.29) is 0 Å². The quantitative estimate of drug-likeness (QED) is 0.726. The minimum Gasteiger partial charge on any atom is -0.256 e. The van der Waals surface area contributed by atoms with Crippen molar-refractivity contribution in [1.29, 1.82) is 0 Å². The molecule has 0 saturated carbocycles. The lowest BCUT2D eigenvalue weighted by molar-refractivity contribution is 1.21. The molecular formula is C14H14ClNS. The Morgan fingerprint density at radius 1 is 1.41 bits per heavy atom. The molecular weight excluding hydrogens is 250 g/mol. The highest BCUT2D eigenvalue weighted by Crippen LogP contribution is 2.31. The van der Waals surface area contributed by atoms with Crippen molar-refractivity contribution in [2.75, 3.05) is 0 Å². The second kappa shape index (κ2) is 5.03. The molecule has 2 rings (SSSR count). The van der Waals surface area contributed by atoms with Crippen LogP contribution < -0.4 is 0 Å². The van der Waals surface area contributed by atoms with Crippen LogP contribution in [-0.2, 0) is 0 Å². The third-order valence-electron chi connectivity index (χ3n) is 2.74. The molecule has 0 aliphatic carbocycles. The summed E-state index contributed by atoms with van der Waals surface area (Å²) in [6.45, 7) is 6.20. The zero-order chi connectivity index (χ0) is 12.4. The van der Waals surface area contributed by atoms with Crippen LogP contribution in [0, 0.1) is 6.92 Å². The number of aromatic nitrogens is 1. The van der Waals surface area contributed by atoms with Gasteiger partial charge in [-0.1, -0.05) is 17.7 Å². The summed E-state index contributed by atoms with van der Waals surface area (Å²) in [6.07, 6.45) is 3.99. The summed E-state index contributed by atoms with van der Waals surface area (Å²) in [6, 6.07) is 6.12. The topological polar surface area (TPSA) is 12.9 Å². The predicted octanol–water partition coefficient (Wildman–Crippen LogP) is 5.20. The van der Waals surface area contributed by atoms with Gasteiger partial charge in [-0.2, -0.15) is 0 Å². The van der Waals surface area contributed by atoms with Gasteiger partial charge in [0.1, 0.15) is 0 Å². The number of pyridine rings is 1. The average Bonchev–Trinajstić information content (AvgIpc) is 2.75. The molecule has 0 fully saturated rings. The minimum absolute atomic E-state index is 0.811. The standard InChI is InChI=1S/C14H14ClNS/c1-4-9(2)14-10(3)7-11(8-16-14)12-5-6-13(15)17-12/h4-8H,1-3H3/b9-4-. The highest BCUT2D eigenvalue weighted by Gasteiger charge is 2.06. The Morgan fingerprint density at radius 3 is 2.71 bits per heavy atom. The van der Waals surface area contributed by atoms with E-state index >= 15 is 0 Å². The number of hydrogen-bond donors (Lipinski definition) is 0. The second-order valence-corrected chi connectivity index (χ2v) is 5.68. The van der Waals surface area contributed by atoms with Crippen molar-refractivity contribution < 1.29 is 0 Å². The van der Waals surface area contributed by atoms with Crippen molar-refractivity contribution in [2.24, 2.45) is 0 Å². The number of rotatable bonds is 2. The molecule has 2 aromatic heterocycles. The maximum Gasteiger partial charge on any atom is 0.0934 e. The van der Waals surface area contributed by atoms with Gasteiger partial charge in [0.15, 0.2) is 0 Å². The Morgan fingerprint density at radius 2 is 2.18 bits per heavy atom. The first-order chi connectivity index (χ1) is 8.11. The van der Waals surface area contributed by atoms with Crippen LogP contribution in [0.1, 0.15) is 25.1 Å². The summed E-state index contributed by atoms with van der Waals surface area (Å²) >= 11 is 7.52. The lowest BCUT2D eigenvalue weighted by Gasteiger charge is -2.06. The fraction of sp³-hybridized carbons (Fsp3) is 0.214. The molecule has 0 aliphatic rings. The van der Waals surface area contributed by atoms with Gasteiger partial charge in [0.05, 0.1) is 10.0 Å². The first kappa shape index (κ1) is 12.3. The summed E-state index contributed by atoms with van der Waals surface area (Å²) in [4.78, 5) is 5.69. The first-order valence-corrected chi connectivity index (χ1v) is 6.67. The van der Waals surface area contributed by atoms with Crippen molar-refractivity contribution >= 4 is 28.5 Å². The van der Waals surface area contributed by atoms with E-state index in [9.17, 15) is 0 Å². The lowest BCUT2D eigenvalue weighted by atomic mass is 10.1. The number of thiophene rings is 1. The summed E-state index contributed by atoms with van der Waals surface area (Å²) in [5, 5.41) is 0. The SMILES string of the molecule is C/C=C(/C)c1ncc(-c2ccc(Cl)s2)cc1C. The largest absolute Gasteiger partial charge is 0.256 e. The minimum atomic E-state index is 0.811. The molecule has 3 heteroatoms. The smallest absolute Gasteiger partial charge is 0.0934 e. The highest BCUT2D eigenvalue weighted by molar-refractivity contribution is 7.19. The van der Waals surface area contributed by atoms with Gasteiger partial charge in [0.25, 0.3) is 0 Å². The predicted molar refractivity (Wildman–Crippen MR) is 76.6 cm³/mol. The summed E-state index contributed by atoms with van der Waals surface area (Å²) in [5.74, 6) is 0. The van der Waals surface area contributed by atoms with Crippen LogP contribution in [-0.4, -0.2) is 4.98 Å². The van der Waals surface area contributed by atoms with Gasteiger partial charge in [-0.3, -0.25) is 4.98 Å². The van der Waals surface area contributed by atoms with E-state index in [1.165, 1.54) is 11.1 Å². The van der Waals surface area contributed by atoms with E-state index < -0.39 is 0 Å². The summed E-state index contributed by atoms with van der Waals surface area (Å²) in [5.41, 5.74) is 4.60. The Hall–Kier alpha value is -1.12. The van der Waals surface area contributed by atoms with Crippen molar-refractivity contribution in [3.63, 3.8) is 0 Å². The molecule has 0 bridgehead atoms. The molecule has 0 unspecified atom stereocenters. The van der Waals surface area contributed by atoms with E-state index in [4.69, 9.17) is 11.6 Å². The van der Waals surface area contributed by atoms with Crippen molar-refractivity contribution in [3.05, 3.63) is 46.1 Å². The molecule has 0 spiro atoms. The molecule has 2 heterocycles. The summed E-state index contributed by atoms with van der Waals surface area (Å²) in [7, 11) is 0. The Balaban J connectivity index is 2.44. The van der Waals surface area contributed by atoms with E-state index in [0.29, 0.717) is 0 Å². The maximum absolute atomic E-state index is 5.94. The highest BCUT2D eigenvalue weighted by atomic mass is 35.5. The Labute approximate surface area is 111 Å². The molecule has 17 heavy (non-hydrogen) atoms. The van der Waals surface area contributed by atoms with Crippen molar-refractivity contribution in [1.82, 2.24) is 4.98 Å². The van der Waals surface area contributed by atoms with Crippen molar-refractivity contribution in [2.45, 2.75) is 20.8 Å². The van der Waals surface area contributed by atoms with Crippen LogP contribution in [0.3, 0.4) is 0 Å². The van der Waals surface area contributed by atoms with Crippen LogP contribution in [0.25, 0.3) is 16.0 Å². The van der Waals surface area contributed by atoms with E-state index in [1.54, 1.807) is 11.3 Å². The monoisotopic (exact) mass is 263 g/mol. The number of aryl methyl sites for hydroxylation is 1. The zero-order valence-electron chi connectivity index (χ0n) is 10.1. The van der Waals surface area contributed by atoms with Gasteiger partial charge in [-0.05, 0) is 50.1 Å². The molecule has 0 N–H and O–H groups in total. The number of halogens is 1. The fourth-order valence-corrected chi connectivity index (χ4v) is 2.75. The van der Waals surface area contributed by atoms with E-state index in [1.807, 2.05) is 25.3 Å². The second-order valence-electron chi connectivity index (χ2n) is 3.96. The third-order valence-corrected chi connectivity index (χ3v) is 4.02. The van der Waals surface area contributed by atoms with Gasteiger partial charge in [-0.15, -0.1) is 11.3 Å². The molecule has 1 nitrogen and oxygen atoms in total. The van der Waals surface area contributed by atoms with E-state index in [0.717, 1.165) is 20.5 Å². The fourth-order valence-electron chi connectivity index (χ4n) is 1.73. The molecule has 0 radical (unpaired) electrons.